The van der Waals surface area contributed by atoms with Crippen molar-refractivity contribution in [2.45, 2.75) is 72.1 Å². The Bertz CT molecular complexity index is 1070. The lowest BCUT2D eigenvalue weighted by Gasteiger charge is -2.43. The van der Waals surface area contributed by atoms with Crippen molar-refractivity contribution in [1.82, 2.24) is 0 Å². The first kappa shape index (κ1) is 19.6. The van der Waals surface area contributed by atoms with Crippen molar-refractivity contribution in [3.63, 3.8) is 0 Å². The molecule has 3 aromatic carbocycles. The molecule has 0 unspecified atom stereocenters. The number of aryl methyl sites for hydroxylation is 5. The first-order chi connectivity index (χ1) is 14.4. The first-order valence-electron chi connectivity index (χ1n) is 11.7. The molecule has 3 aromatic rings. The minimum absolute atomic E-state index is 0.0198. The molecule has 0 amide bonds. The predicted molar refractivity (Wildman–Crippen MR) is 128 cm³/mol. The molecule has 2 aliphatic carbocycles. The molecule has 1 fully saturated rings. The van der Waals surface area contributed by atoms with Gasteiger partial charge in [0, 0.05) is 5.41 Å². The topological polar surface area (TPSA) is 0 Å². The number of rotatable bonds is 2. The minimum atomic E-state index is -0.0198. The van der Waals surface area contributed by atoms with Crippen molar-refractivity contribution < 1.29 is 0 Å². The average molecular weight is 395 g/mol. The monoisotopic (exact) mass is 394 g/mol. The van der Waals surface area contributed by atoms with E-state index in [4.69, 9.17) is 0 Å². The fourth-order valence-electron chi connectivity index (χ4n) is 6.29. The van der Waals surface area contributed by atoms with E-state index in [9.17, 15) is 0 Å². The van der Waals surface area contributed by atoms with Crippen LogP contribution in [0.5, 0.6) is 0 Å². The molecule has 0 heterocycles. The van der Waals surface area contributed by atoms with Crippen LogP contribution in [0.25, 0.3) is 11.1 Å². The Morgan fingerprint density at radius 1 is 0.633 bits per heavy atom. The van der Waals surface area contributed by atoms with Gasteiger partial charge in [-0.25, -0.2) is 0 Å². The normalized spacial score (nSPS) is 17.6. The molecule has 0 saturated heterocycles. The zero-order chi connectivity index (χ0) is 21.0. The van der Waals surface area contributed by atoms with Gasteiger partial charge in [0.2, 0.25) is 0 Å². The third-order valence-corrected chi connectivity index (χ3v) is 8.10. The molecule has 154 valence electrons. The molecular formula is C30H34. The predicted octanol–water partition coefficient (Wildman–Crippen LogP) is 8.12. The molecule has 0 aromatic heterocycles. The van der Waals surface area contributed by atoms with Crippen LogP contribution in [0, 0.1) is 40.5 Å². The van der Waals surface area contributed by atoms with Crippen molar-refractivity contribution in [2.24, 2.45) is 5.92 Å². The maximum atomic E-state index is 2.53. The molecule has 1 saturated carbocycles. The molecular weight excluding hydrogens is 360 g/mol. The summed E-state index contributed by atoms with van der Waals surface area (Å²) in [4.78, 5) is 0. The van der Waals surface area contributed by atoms with Crippen molar-refractivity contribution in [2.75, 3.05) is 0 Å². The summed E-state index contributed by atoms with van der Waals surface area (Å²) in [5, 5.41) is 0. The van der Waals surface area contributed by atoms with E-state index in [0.717, 1.165) is 0 Å². The van der Waals surface area contributed by atoms with E-state index < -0.39 is 0 Å². The van der Waals surface area contributed by atoms with Crippen LogP contribution < -0.4 is 0 Å². The third-order valence-electron chi connectivity index (χ3n) is 8.10. The molecule has 0 bridgehead atoms. The van der Waals surface area contributed by atoms with E-state index in [1.165, 1.54) is 76.6 Å². The minimum Gasteiger partial charge on any atom is -0.0617 e. The molecule has 0 radical (unpaired) electrons. The van der Waals surface area contributed by atoms with Crippen LogP contribution in [0.4, 0.5) is 0 Å². The van der Waals surface area contributed by atoms with Gasteiger partial charge in [0.1, 0.15) is 0 Å². The zero-order valence-corrected chi connectivity index (χ0v) is 19.2. The molecule has 2 aliphatic rings. The highest BCUT2D eigenvalue weighted by molar-refractivity contribution is 5.85. The van der Waals surface area contributed by atoms with Gasteiger partial charge in [0.05, 0.1) is 0 Å². The molecule has 0 N–H and O–H groups in total. The smallest absolute Gasteiger partial charge is 0.0491 e. The molecule has 0 spiro atoms. The second-order valence-corrected chi connectivity index (χ2v) is 9.98. The lowest BCUT2D eigenvalue weighted by Crippen LogP contribution is -2.37. The highest BCUT2D eigenvalue weighted by atomic mass is 14.5. The molecule has 0 nitrogen and oxygen atoms in total. The fourth-order valence-corrected chi connectivity index (χ4v) is 6.29. The fraction of sp³-hybridized carbons (Fsp3) is 0.400. The van der Waals surface area contributed by atoms with E-state index >= 15 is 0 Å². The molecule has 0 heteroatoms. The van der Waals surface area contributed by atoms with Crippen LogP contribution in [0.15, 0.2) is 48.5 Å². The molecule has 30 heavy (non-hydrogen) atoms. The summed E-state index contributed by atoms with van der Waals surface area (Å²) in [6.45, 7) is 11.4. The largest absolute Gasteiger partial charge is 0.0617 e. The number of benzene rings is 3. The summed E-state index contributed by atoms with van der Waals surface area (Å²) < 4.78 is 0. The van der Waals surface area contributed by atoms with E-state index in [0.29, 0.717) is 5.92 Å². The summed E-state index contributed by atoms with van der Waals surface area (Å²) >= 11 is 0. The molecule has 5 rings (SSSR count). The summed E-state index contributed by atoms with van der Waals surface area (Å²) in [5.74, 6) is 0.664. The Morgan fingerprint density at radius 3 is 1.70 bits per heavy atom. The number of hydrogen-bond donors (Lipinski definition) is 0. The van der Waals surface area contributed by atoms with Gasteiger partial charge in [-0.1, -0.05) is 73.4 Å². The standard InChI is InChI=1S/C30H34/c1-19-10-9-13-25(14-19)30(24-11-7-6-8-12-24)28-17-22(4)20(2)15-26(28)27-16-21(3)23(5)18-29(27)30/h9-10,13-18,24H,6-8,11-12H2,1-5H3. The van der Waals surface area contributed by atoms with Crippen LogP contribution in [-0.4, -0.2) is 0 Å². The Morgan fingerprint density at radius 2 is 1.17 bits per heavy atom. The Balaban J connectivity index is 1.93. The van der Waals surface area contributed by atoms with Crippen molar-refractivity contribution >= 4 is 0 Å². The Hall–Kier alpha value is -2.34. The van der Waals surface area contributed by atoms with Crippen molar-refractivity contribution in [1.29, 1.82) is 0 Å². The van der Waals surface area contributed by atoms with Gasteiger partial charge in [-0.2, -0.15) is 0 Å². The zero-order valence-electron chi connectivity index (χ0n) is 19.2. The highest BCUT2D eigenvalue weighted by Crippen LogP contribution is 2.60. The van der Waals surface area contributed by atoms with Gasteiger partial charge >= 0.3 is 0 Å². The van der Waals surface area contributed by atoms with E-state index in [1.54, 1.807) is 11.1 Å². The molecule has 0 aliphatic heterocycles. The van der Waals surface area contributed by atoms with Crippen LogP contribution in [0.3, 0.4) is 0 Å². The first-order valence-corrected chi connectivity index (χ1v) is 11.7. The SMILES string of the molecule is Cc1cccc(C2(C3CCCCC3)c3cc(C)c(C)cc3-c3cc(C)c(C)cc32)c1. The van der Waals surface area contributed by atoms with Gasteiger partial charge in [0.25, 0.3) is 0 Å². The van der Waals surface area contributed by atoms with Crippen molar-refractivity contribution in [3.8, 4) is 11.1 Å². The third kappa shape index (κ3) is 2.73. The van der Waals surface area contributed by atoms with Crippen molar-refractivity contribution in [3.05, 3.63) is 93.0 Å². The molecule has 0 atom stereocenters. The lowest BCUT2D eigenvalue weighted by molar-refractivity contribution is 0.275. The second kappa shape index (κ2) is 7.12. The summed E-state index contributed by atoms with van der Waals surface area (Å²) in [7, 11) is 0. The summed E-state index contributed by atoms with van der Waals surface area (Å²) in [5.41, 5.74) is 14.6. The van der Waals surface area contributed by atoms with Gasteiger partial charge in [-0.15, -0.1) is 0 Å². The number of fused-ring (bicyclic) bond motifs is 3. The Labute approximate surface area is 182 Å². The van der Waals surface area contributed by atoms with E-state index in [2.05, 4.69) is 83.1 Å². The van der Waals surface area contributed by atoms with E-state index in [1.807, 2.05) is 0 Å². The van der Waals surface area contributed by atoms with Crippen LogP contribution in [0.1, 0.15) is 76.6 Å². The van der Waals surface area contributed by atoms with Gasteiger partial charge in [-0.05, 0) is 103 Å². The average Bonchev–Trinajstić information content (AvgIpc) is 2.99. The van der Waals surface area contributed by atoms with Crippen LogP contribution >= 0.6 is 0 Å². The van der Waals surface area contributed by atoms with Crippen LogP contribution in [0.2, 0.25) is 0 Å². The second-order valence-electron chi connectivity index (χ2n) is 9.98. The highest BCUT2D eigenvalue weighted by Gasteiger charge is 2.50. The van der Waals surface area contributed by atoms with Gasteiger partial charge < -0.3 is 0 Å². The maximum Gasteiger partial charge on any atom is 0.0491 e. The van der Waals surface area contributed by atoms with E-state index in [-0.39, 0.29) is 5.41 Å². The lowest BCUT2D eigenvalue weighted by atomic mass is 9.59. The summed E-state index contributed by atoms with van der Waals surface area (Å²) in [6.07, 6.45) is 6.76. The number of hydrogen-bond acceptors (Lipinski definition) is 0. The quantitative estimate of drug-likeness (QED) is 0.411. The van der Waals surface area contributed by atoms with Gasteiger partial charge in [0.15, 0.2) is 0 Å². The summed E-state index contributed by atoms with van der Waals surface area (Å²) in [6, 6.07) is 19.4. The Kier molecular flexibility index (Phi) is 4.65. The van der Waals surface area contributed by atoms with Gasteiger partial charge in [-0.3, -0.25) is 0 Å². The van der Waals surface area contributed by atoms with Crippen LogP contribution in [-0.2, 0) is 5.41 Å². The maximum absolute atomic E-state index is 2.53.